The molecule has 0 amide bonds. The molecule has 1 aliphatic carbocycles. The van der Waals surface area contributed by atoms with Crippen molar-refractivity contribution in [3.8, 4) is 0 Å². The lowest BCUT2D eigenvalue weighted by Gasteiger charge is -2.15. The van der Waals surface area contributed by atoms with Crippen molar-refractivity contribution in [3.63, 3.8) is 0 Å². The van der Waals surface area contributed by atoms with Gasteiger partial charge in [0.1, 0.15) is 5.00 Å². The van der Waals surface area contributed by atoms with E-state index in [0.717, 1.165) is 28.4 Å². The minimum Gasteiger partial charge on any atom is -0.465 e. The zero-order chi connectivity index (χ0) is 18.1. The van der Waals surface area contributed by atoms with Crippen LogP contribution in [0.25, 0.3) is 0 Å². The number of anilines is 2. The molecule has 0 aliphatic heterocycles. The number of aryl methyl sites for hydroxylation is 2. The highest BCUT2D eigenvalue weighted by Crippen LogP contribution is 2.34. The number of nitrogens with zero attached hydrogens (tertiary/aromatic N) is 1. The Morgan fingerprint density at radius 2 is 2.08 bits per heavy atom. The van der Waals surface area contributed by atoms with Crippen LogP contribution in [0, 0.1) is 19.8 Å². The number of fused-ring (bicyclic) bond motifs is 1. The first-order valence-corrected chi connectivity index (χ1v) is 10.2. The zero-order valence-corrected chi connectivity index (χ0v) is 17.1. The van der Waals surface area contributed by atoms with Crippen LogP contribution in [-0.2, 0) is 17.6 Å². The van der Waals surface area contributed by atoms with Crippen molar-refractivity contribution in [3.05, 3.63) is 26.6 Å². The Bertz CT molecular complexity index is 825. The van der Waals surface area contributed by atoms with Gasteiger partial charge in [0.05, 0.1) is 18.4 Å². The summed E-state index contributed by atoms with van der Waals surface area (Å²) in [7, 11) is 1.39. The van der Waals surface area contributed by atoms with Crippen LogP contribution in [0.15, 0.2) is 0 Å². The average Bonchev–Trinajstić information content (AvgIpc) is 3.06. The van der Waals surface area contributed by atoms with Crippen molar-refractivity contribution in [2.45, 2.75) is 40.0 Å². The second kappa shape index (κ2) is 7.39. The molecule has 1 aliphatic rings. The van der Waals surface area contributed by atoms with Gasteiger partial charge in [-0.1, -0.05) is 6.92 Å². The van der Waals surface area contributed by atoms with E-state index in [4.69, 9.17) is 17.0 Å². The van der Waals surface area contributed by atoms with Gasteiger partial charge in [-0.3, -0.25) is 0 Å². The largest absolute Gasteiger partial charge is 0.465 e. The first-order valence-electron chi connectivity index (χ1n) is 8.14. The number of thiazole rings is 1. The molecular weight excluding hydrogens is 374 g/mol. The topological polar surface area (TPSA) is 63.2 Å². The second-order valence-corrected chi connectivity index (χ2v) is 9.01. The van der Waals surface area contributed by atoms with Gasteiger partial charge >= 0.3 is 5.97 Å². The number of hydrogen-bond donors (Lipinski definition) is 2. The van der Waals surface area contributed by atoms with Gasteiger partial charge in [-0.25, -0.2) is 9.78 Å². The van der Waals surface area contributed by atoms with E-state index in [1.807, 2.05) is 13.8 Å². The van der Waals surface area contributed by atoms with Crippen molar-refractivity contribution < 1.29 is 9.53 Å². The Morgan fingerprint density at radius 1 is 1.32 bits per heavy atom. The molecule has 25 heavy (non-hydrogen) atoms. The Balaban J connectivity index is 1.73. The van der Waals surface area contributed by atoms with Crippen LogP contribution in [0.5, 0.6) is 0 Å². The van der Waals surface area contributed by atoms with Crippen molar-refractivity contribution >= 4 is 56.1 Å². The van der Waals surface area contributed by atoms with Gasteiger partial charge in [-0.2, -0.15) is 0 Å². The summed E-state index contributed by atoms with van der Waals surface area (Å²) in [6, 6.07) is 0. The number of thiocarbonyl (C=S) groups is 1. The quantitative estimate of drug-likeness (QED) is 0.588. The highest BCUT2D eigenvalue weighted by atomic mass is 32.1. The molecule has 8 heteroatoms. The van der Waals surface area contributed by atoms with Crippen LogP contribution in [0.4, 0.5) is 10.1 Å². The third-order valence-electron chi connectivity index (χ3n) is 4.41. The van der Waals surface area contributed by atoms with Crippen LogP contribution in [0.1, 0.15) is 44.7 Å². The summed E-state index contributed by atoms with van der Waals surface area (Å²) in [5.41, 5.74) is 2.65. The summed E-state index contributed by atoms with van der Waals surface area (Å²) in [4.78, 5) is 19.1. The Labute approximate surface area is 160 Å². The third kappa shape index (κ3) is 3.86. The van der Waals surface area contributed by atoms with Crippen molar-refractivity contribution in [1.82, 2.24) is 4.98 Å². The smallest absolute Gasteiger partial charge is 0.341 e. The van der Waals surface area contributed by atoms with E-state index in [0.29, 0.717) is 21.6 Å². The van der Waals surface area contributed by atoms with Crippen LogP contribution in [0.2, 0.25) is 0 Å². The minimum atomic E-state index is -0.356. The summed E-state index contributed by atoms with van der Waals surface area (Å²) in [6.07, 6.45) is 3.31. The molecule has 0 saturated heterocycles. The SMILES string of the molecule is COC(=O)c1c(NC(=S)Nc2nc3c(s2)CC(C)CC3)sc(C)c1C. The fourth-order valence-electron chi connectivity index (χ4n) is 2.89. The van der Waals surface area contributed by atoms with Crippen LogP contribution >= 0.6 is 34.9 Å². The number of esters is 1. The lowest BCUT2D eigenvalue weighted by Crippen LogP contribution is -2.20. The Kier molecular flexibility index (Phi) is 5.41. The van der Waals surface area contributed by atoms with Crippen LogP contribution in [-0.4, -0.2) is 23.2 Å². The van der Waals surface area contributed by atoms with Crippen molar-refractivity contribution in [1.29, 1.82) is 0 Å². The molecular formula is C17H21N3O2S3. The van der Waals surface area contributed by atoms with Gasteiger partial charge in [-0.05, 0) is 56.8 Å². The Morgan fingerprint density at radius 3 is 2.80 bits per heavy atom. The number of methoxy groups -OCH3 is 1. The molecule has 1 atom stereocenters. The summed E-state index contributed by atoms with van der Waals surface area (Å²) in [5, 5.41) is 8.23. The molecule has 0 bridgehead atoms. The molecule has 2 heterocycles. The van der Waals surface area contributed by atoms with E-state index >= 15 is 0 Å². The Hall–Kier alpha value is -1.51. The summed E-state index contributed by atoms with van der Waals surface area (Å²) in [5.74, 6) is 0.358. The van der Waals surface area contributed by atoms with Gasteiger partial charge < -0.3 is 15.4 Å². The van der Waals surface area contributed by atoms with Crippen LogP contribution < -0.4 is 10.6 Å². The molecule has 2 N–H and O–H groups in total. The van der Waals surface area contributed by atoms with E-state index in [9.17, 15) is 4.79 Å². The number of hydrogen-bond acceptors (Lipinski definition) is 6. The van der Waals surface area contributed by atoms with Gasteiger partial charge in [0.2, 0.25) is 0 Å². The molecule has 2 aromatic rings. The molecule has 2 aromatic heterocycles. The molecule has 3 rings (SSSR count). The standard InChI is InChI=1S/C17H21N3O2S3/c1-8-5-6-11-12(7-8)25-17(18-11)20-16(23)19-14-13(15(21)22-4)9(2)10(3)24-14/h8H,5-7H2,1-4H3,(H2,18,19,20,23). The van der Waals surface area contributed by atoms with Gasteiger partial charge in [0, 0.05) is 9.75 Å². The molecule has 1 unspecified atom stereocenters. The lowest BCUT2D eigenvalue weighted by atomic mass is 9.93. The van der Waals surface area contributed by atoms with E-state index < -0.39 is 0 Å². The predicted molar refractivity (Wildman–Crippen MR) is 108 cm³/mol. The van der Waals surface area contributed by atoms with E-state index in [1.165, 1.54) is 35.4 Å². The number of nitrogens with one attached hydrogen (secondary N) is 2. The number of thiophene rings is 1. The highest BCUT2D eigenvalue weighted by molar-refractivity contribution is 7.80. The first kappa shape index (κ1) is 18.3. The monoisotopic (exact) mass is 395 g/mol. The number of aromatic nitrogens is 1. The molecule has 0 aromatic carbocycles. The number of carbonyl (C=O) groups excluding carboxylic acids is 1. The average molecular weight is 396 g/mol. The van der Waals surface area contributed by atoms with E-state index in [-0.39, 0.29) is 5.97 Å². The molecule has 0 spiro atoms. The number of carbonyl (C=O) groups is 1. The predicted octanol–water partition coefficient (Wildman–Crippen LogP) is 4.54. The summed E-state index contributed by atoms with van der Waals surface area (Å²) < 4.78 is 4.89. The zero-order valence-electron chi connectivity index (χ0n) is 14.7. The van der Waals surface area contributed by atoms with Gasteiger partial charge in [0.25, 0.3) is 0 Å². The molecule has 0 saturated carbocycles. The second-order valence-electron chi connectivity index (χ2n) is 6.29. The minimum absolute atomic E-state index is 0.356. The molecule has 0 fully saturated rings. The molecule has 5 nitrogen and oxygen atoms in total. The van der Waals surface area contributed by atoms with Crippen molar-refractivity contribution in [2.75, 3.05) is 17.7 Å². The summed E-state index contributed by atoms with van der Waals surface area (Å²) >= 11 is 8.57. The molecule has 0 radical (unpaired) electrons. The molecule has 134 valence electrons. The van der Waals surface area contributed by atoms with E-state index in [1.54, 1.807) is 11.3 Å². The normalized spacial score (nSPS) is 16.2. The fourth-order valence-corrected chi connectivity index (χ4v) is 5.44. The van der Waals surface area contributed by atoms with Crippen LogP contribution in [0.3, 0.4) is 0 Å². The maximum absolute atomic E-state index is 12.0. The first-order chi connectivity index (χ1) is 11.9. The highest BCUT2D eigenvalue weighted by Gasteiger charge is 2.22. The van der Waals surface area contributed by atoms with Crippen molar-refractivity contribution in [2.24, 2.45) is 5.92 Å². The number of rotatable bonds is 3. The number of ether oxygens (including phenoxy) is 1. The fraction of sp³-hybridized carbons (Fsp3) is 0.471. The third-order valence-corrected chi connectivity index (χ3v) is 6.77. The van der Waals surface area contributed by atoms with Gasteiger partial charge in [0.15, 0.2) is 10.2 Å². The lowest BCUT2D eigenvalue weighted by molar-refractivity contribution is 0.0601. The van der Waals surface area contributed by atoms with E-state index in [2.05, 4.69) is 22.5 Å². The maximum atomic E-state index is 12.0. The van der Waals surface area contributed by atoms with Gasteiger partial charge in [-0.15, -0.1) is 22.7 Å². The maximum Gasteiger partial charge on any atom is 0.341 e. The summed E-state index contributed by atoms with van der Waals surface area (Å²) in [6.45, 7) is 6.16.